The highest BCUT2D eigenvalue weighted by Gasteiger charge is 2.19. The molecule has 5 heteroatoms. The second-order valence-corrected chi connectivity index (χ2v) is 5.04. The van der Waals surface area contributed by atoms with E-state index < -0.39 is 0 Å². The molecule has 0 aliphatic rings. The SMILES string of the molecule is COc1ccc(C(Br)c2ccoc2Br)c(F)c1. The Morgan fingerprint density at radius 3 is 2.59 bits per heavy atom. The fourth-order valence-electron chi connectivity index (χ4n) is 1.49. The molecular weight excluding hydrogens is 355 g/mol. The number of halogens is 3. The van der Waals surface area contributed by atoms with Gasteiger partial charge in [-0.25, -0.2) is 4.39 Å². The second-order valence-electron chi connectivity index (χ2n) is 3.40. The summed E-state index contributed by atoms with van der Waals surface area (Å²) in [4.78, 5) is -0.262. The molecule has 1 unspecified atom stereocenters. The van der Waals surface area contributed by atoms with Gasteiger partial charge in [-0.15, -0.1) is 0 Å². The molecular formula is C12H9Br2FO2. The molecule has 0 fully saturated rings. The first-order chi connectivity index (χ1) is 8.13. The Morgan fingerprint density at radius 1 is 1.29 bits per heavy atom. The summed E-state index contributed by atoms with van der Waals surface area (Å²) >= 11 is 6.72. The predicted molar refractivity (Wildman–Crippen MR) is 70.1 cm³/mol. The van der Waals surface area contributed by atoms with Gasteiger partial charge in [-0.05, 0) is 28.1 Å². The summed E-state index contributed by atoms with van der Waals surface area (Å²) in [6.07, 6.45) is 1.55. The van der Waals surface area contributed by atoms with Gasteiger partial charge in [-0.3, -0.25) is 0 Å². The van der Waals surface area contributed by atoms with Crippen LogP contribution >= 0.6 is 31.9 Å². The molecule has 0 aliphatic carbocycles. The number of rotatable bonds is 3. The Balaban J connectivity index is 2.38. The van der Waals surface area contributed by atoms with Gasteiger partial charge in [0.2, 0.25) is 0 Å². The van der Waals surface area contributed by atoms with Gasteiger partial charge in [0, 0.05) is 17.2 Å². The van der Waals surface area contributed by atoms with E-state index in [1.54, 1.807) is 24.5 Å². The summed E-state index contributed by atoms with van der Waals surface area (Å²) in [6.45, 7) is 0. The highest BCUT2D eigenvalue weighted by atomic mass is 79.9. The van der Waals surface area contributed by atoms with E-state index in [0.717, 1.165) is 5.56 Å². The summed E-state index contributed by atoms with van der Waals surface area (Å²) in [5.74, 6) is 0.177. The van der Waals surface area contributed by atoms with E-state index >= 15 is 0 Å². The number of benzene rings is 1. The van der Waals surface area contributed by atoms with Crippen LogP contribution in [0.25, 0.3) is 0 Å². The lowest BCUT2D eigenvalue weighted by atomic mass is 10.1. The molecule has 1 aromatic carbocycles. The van der Waals surface area contributed by atoms with Crippen LogP contribution < -0.4 is 4.74 Å². The van der Waals surface area contributed by atoms with Crippen molar-refractivity contribution >= 4 is 31.9 Å². The van der Waals surface area contributed by atoms with Crippen LogP contribution in [0.3, 0.4) is 0 Å². The largest absolute Gasteiger partial charge is 0.497 e. The highest BCUT2D eigenvalue weighted by molar-refractivity contribution is 9.10. The minimum atomic E-state index is -0.320. The molecule has 0 aliphatic heterocycles. The third kappa shape index (κ3) is 2.55. The van der Waals surface area contributed by atoms with E-state index in [4.69, 9.17) is 9.15 Å². The fourth-order valence-corrected chi connectivity index (χ4v) is 3.00. The summed E-state index contributed by atoms with van der Waals surface area (Å²) in [6, 6.07) is 6.55. The molecule has 17 heavy (non-hydrogen) atoms. The molecule has 1 atom stereocenters. The highest BCUT2D eigenvalue weighted by Crippen LogP contribution is 2.37. The molecule has 2 aromatic rings. The first kappa shape index (κ1) is 12.6. The van der Waals surface area contributed by atoms with Crippen LogP contribution in [0.1, 0.15) is 16.0 Å². The molecule has 0 bridgehead atoms. The van der Waals surface area contributed by atoms with Gasteiger partial charge < -0.3 is 9.15 Å². The maximum Gasteiger partial charge on any atom is 0.173 e. The predicted octanol–water partition coefficient (Wildman–Crippen LogP) is 4.67. The zero-order chi connectivity index (χ0) is 12.4. The van der Waals surface area contributed by atoms with Crippen LogP contribution in [0.15, 0.2) is 39.6 Å². The van der Waals surface area contributed by atoms with Crippen molar-refractivity contribution in [2.24, 2.45) is 0 Å². The molecule has 0 radical (unpaired) electrons. The maximum atomic E-state index is 13.9. The van der Waals surface area contributed by atoms with Gasteiger partial charge in [0.15, 0.2) is 4.67 Å². The van der Waals surface area contributed by atoms with Crippen molar-refractivity contribution in [1.29, 1.82) is 0 Å². The summed E-state index contributed by atoms with van der Waals surface area (Å²) < 4.78 is 24.5. The minimum absolute atomic E-state index is 0.262. The quantitative estimate of drug-likeness (QED) is 0.739. The average Bonchev–Trinajstić information content (AvgIpc) is 2.74. The number of alkyl halides is 1. The van der Waals surface area contributed by atoms with Gasteiger partial charge in [-0.1, -0.05) is 22.0 Å². The van der Waals surface area contributed by atoms with Gasteiger partial charge in [0.05, 0.1) is 18.2 Å². The average molecular weight is 364 g/mol. The zero-order valence-corrected chi connectivity index (χ0v) is 12.1. The summed E-state index contributed by atoms with van der Waals surface area (Å²) in [5, 5.41) is 0. The Bertz CT molecular complexity index is 525. The fraction of sp³-hybridized carbons (Fsp3) is 0.167. The van der Waals surface area contributed by atoms with Crippen LogP contribution in [0.5, 0.6) is 5.75 Å². The van der Waals surface area contributed by atoms with E-state index in [2.05, 4.69) is 31.9 Å². The van der Waals surface area contributed by atoms with Crippen LogP contribution in [0.2, 0.25) is 0 Å². The van der Waals surface area contributed by atoms with Crippen molar-refractivity contribution in [2.45, 2.75) is 4.83 Å². The molecule has 1 heterocycles. The topological polar surface area (TPSA) is 22.4 Å². The molecule has 0 N–H and O–H groups in total. The molecule has 0 saturated heterocycles. The number of ether oxygens (including phenoxy) is 1. The number of hydrogen-bond acceptors (Lipinski definition) is 2. The van der Waals surface area contributed by atoms with Crippen molar-refractivity contribution in [1.82, 2.24) is 0 Å². The van der Waals surface area contributed by atoms with Crippen molar-refractivity contribution in [3.63, 3.8) is 0 Å². The minimum Gasteiger partial charge on any atom is -0.497 e. The number of methoxy groups -OCH3 is 1. The molecule has 0 amide bonds. The van der Waals surface area contributed by atoms with E-state index in [9.17, 15) is 4.39 Å². The van der Waals surface area contributed by atoms with Crippen LogP contribution in [-0.4, -0.2) is 7.11 Å². The standard InChI is InChI=1S/C12H9Br2FO2/c1-16-7-2-3-8(10(15)6-7)11(13)9-4-5-17-12(9)14/h2-6,11H,1H3. The molecule has 90 valence electrons. The van der Waals surface area contributed by atoms with E-state index in [0.29, 0.717) is 16.0 Å². The van der Waals surface area contributed by atoms with Crippen molar-refractivity contribution in [3.05, 3.63) is 52.1 Å². The number of hydrogen-bond donors (Lipinski definition) is 0. The van der Waals surface area contributed by atoms with Crippen LogP contribution in [-0.2, 0) is 0 Å². The lowest BCUT2D eigenvalue weighted by molar-refractivity contribution is 0.411. The Kier molecular flexibility index (Phi) is 3.89. The Morgan fingerprint density at radius 2 is 2.06 bits per heavy atom. The van der Waals surface area contributed by atoms with E-state index in [1.165, 1.54) is 13.2 Å². The first-order valence-corrected chi connectivity index (χ1v) is 6.54. The maximum absolute atomic E-state index is 13.9. The lowest BCUT2D eigenvalue weighted by Crippen LogP contribution is -1.96. The third-order valence-corrected chi connectivity index (χ3v) is 4.03. The monoisotopic (exact) mass is 362 g/mol. The molecule has 1 aromatic heterocycles. The van der Waals surface area contributed by atoms with Crippen molar-refractivity contribution in [2.75, 3.05) is 7.11 Å². The molecule has 0 spiro atoms. The third-order valence-electron chi connectivity index (χ3n) is 2.40. The Labute approximate surface area is 115 Å². The van der Waals surface area contributed by atoms with Crippen molar-refractivity contribution < 1.29 is 13.5 Å². The zero-order valence-electron chi connectivity index (χ0n) is 8.91. The van der Waals surface area contributed by atoms with Crippen LogP contribution in [0.4, 0.5) is 4.39 Å². The molecule has 2 rings (SSSR count). The molecule has 0 saturated carbocycles. The van der Waals surface area contributed by atoms with Gasteiger partial charge in [-0.2, -0.15) is 0 Å². The molecule has 2 nitrogen and oxygen atoms in total. The normalized spacial score (nSPS) is 12.5. The summed E-state index contributed by atoms with van der Waals surface area (Å²) in [7, 11) is 1.51. The van der Waals surface area contributed by atoms with E-state index in [1.807, 2.05) is 0 Å². The number of furan rings is 1. The Hall–Kier alpha value is -0.810. The first-order valence-electron chi connectivity index (χ1n) is 4.84. The van der Waals surface area contributed by atoms with Gasteiger partial charge in [0.1, 0.15) is 11.6 Å². The van der Waals surface area contributed by atoms with Gasteiger partial charge >= 0.3 is 0 Å². The van der Waals surface area contributed by atoms with Crippen LogP contribution in [0, 0.1) is 5.82 Å². The summed E-state index contributed by atoms with van der Waals surface area (Å²) in [5.41, 5.74) is 1.38. The van der Waals surface area contributed by atoms with E-state index in [-0.39, 0.29) is 10.6 Å². The second kappa shape index (κ2) is 5.23. The smallest absolute Gasteiger partial charge is 0.173 e. The lowest BCUT2D eigenvalue weighted by Gasteiger charge is -2.11. The van der Waals surface area contributed by atoms with Gasteiger partial charge in [0.25, 0.3) is 0 Å². The van der Waals surface area contributed by atoms with Crippen molar-refractivity contribution in [3.8, 4) is 5.75 Å².